The van der Waals surface area contributed by atoms with Crippen LogP contribution in [0.25, 0.3) is 0 Å². The second-order valence-corrected chi connectivity index (χ2v) is 4.58. The summed E-state index contributed by atoms with van der Waals surface area (Å²) in [5.41, 5.74) is 5.35. The molecule has 0 atom stereocenters. The first-order valence-electron chi connectivity index (χ1n) is 6.14. The van der Waals surface area contributed by atoms with Crippen molar-refractivity contribution < 1.29 is 9.53 Å². The molecule has 0 radical (unpaired) electrons. The molecular formula is C11H20N4O2. The van der Waals surface area contributed by atoms with Gasteiger partial charge in [0.25, 0.3) is 0 Å². The van der Waals surface area contributed by atoms with Crippen LogP contribution in [0.15, 0.2) is 0 Å². The Kier molecular flexibility index (Phi) is 3.83. The molecule has 3 N–H and O–H groups in total. The van der Waals surface area contributed by atoms with Gasteiger partial charge in [-0.25, -0.2) is 4.79 Å². The number of nitrogens with zero attached hydrogens (tertiary/aromatic N) is 2. The van der Waals surface area contributed by atoms with Crippen molar-refractivity contribution >= 4 is 11.9 Å². The van der Waals surface area contributed by atoms with Crippen molar-refractivity contribution in [3.05, 3.63) is 0 Å². The van der Waals surface area contributed by atoms with Crippen LogP contribution < -0.4 is 5.73 Å². The maximum atomic E-state index is 12.3. The Labute approximate surface area is 101 Å². The summed E-state index contributed by atoms with van der Waals surface area (Å²) in [6, 6.07) is 0.446. The van der Waals surface area contributed by atoms with E-state index in [0.29, 0.717) is 45.3 Å². The van der Waals surface area contributed by atoms with Crippen molar-refractivity contribution in [2.45, 2.75) is 25.3 Å². The van der Waals surface area contributed by atoms with Crippen LogP contribution in [0, 0.1) is 5.41 Å². The third kappa shape index (κ3) is 3.33. The van der Waals surface area contributed by atoms with E-state index >= 15 is 0 Å². The van der Waals surface area contributed by atoms with Crippen LogP contribution in [0.2, 0.25) is 0 Å². The van der Waals surface area contributed by atoms with Crippen LogP contribution >= 0.6 is 0 Å². The number of amides is 2. The fraction of sp³-hybridized carbons (Fsp3) is 0.818. The maximum Gasteiger partial charge on any atom is 0.320 e. The van der Waals surface area contributed by atoms with Gasteiger partial charge >= 0.3 is 6.03 Å². The highest BCUT2D eigenvalue weighted by molar-refractivity contribution is 5.79. The number of nitrogens with two attached hydrogens (primary N) is 1. The summed E-state index contributed by atoms with van der Waals surface area (Å²) < 4.78 is 5.24. The first-order chi connectivity index (χ1) is 8.18. The fourth-order valence-electron chi connectivity index (χ4n) is 2.00. The van der Waals surface area contributed by atoms with Crippen LogP contribution in [0.3, 0.4) is 0 Å². The van der Waals surface area contributed by atoms with E-state index < -0.39 is 0 Å². The number of hydrogen-bond donors (Lipinski definition) is 2. The van der Waals surface area contributed by atoms with Crippen LogP contribution in [0.1, 0.15) is 19.3 Å². The number of urea groups is 1. The molecule has 0 aromatic heterocycles. The highest BCUT2D eigenvalue weighted by Gasteiger charge is 2.34. The zero-order valence-electron chi connectivity index (χ0n) is 10.0. The van der Waals surface area contributed by atoms with Gasteiger partial charge in [0, 0.05) is 32.1 Å². The number of hydrogen-bond acceptors (Lipinski definition) is 3. The molecule has 0 unspecified atom stereocenters. The molecule has 0 aromatic rings. The lowest BCUT2D eigenvalue weighted by Gasteiger charge is -2.33. The van der Waals surface area contributed by atoms with Gasteiger partial charge in [-0.1, -0.05) is 0 Å². The molecule has 2 aliphatic rings. The smallest absolute Gasteiger partial charge is 0.320 e. The Bertz CT molecular complexity index is 298. The van der Waals surface area contributed by atoms with Crippen molar-refractivity contribution in [1.82, 2.24) is 9.80 Å². The van der Waals surface area contributed by atoms with Crippen molar-refractivity contribution in [2.75, 3.05) is 32.8 Å². The highest BCUT2D eigenvalue weighted by Crippen LogP contribution is 2.28. The molecule has 6 heteroatoms. The Morgan fingerprint density at radius 1 is 1.41 bits per heavy atom. The molecule has 96 valence electrons. The predicted molar refractivity (Wildman–Crippen MR) is 64.0 cm³/mol. The van der Waals surface area contributed by atoms with Crippen molar-refractivity contribution in [1.29, 1.82) is 5.41 Å². The largest absolute Gasteiger partial charge is 0.388 e. The van der Waals surface area contributed by atoms with E-state index in [2.05, 4.69) is 0 Å². The molecule has 17 heavy (non-hydrogen) atoms. The van der Waals surface area contributed by atoms with E-state index in [1.165, 1.54) is 0 Å². The molecule has 1 heterocycles. The van der Waals surface area contributed by atoms with Gasteiger partial charge in [-0.05, 0) is 12.8 Å². The summed E-state index contributed by atoms with van der Waals surface area (Å²) >= 11 is 0. The number of carbonyl (C=O) groups is 1. The lowest BCUT2D eigenvalue weighted by molar-refractivity contribution is 0.0428. The van der Waals surface area contributed by atoms with Gasteiger partial charge in [0.2, 0.25) is 0 Å². The third-order valence-corrected chi connectivity index (χ3v) is 3.14. The predicted octanol–water partition coefficient (Wildman–Crippen LogP) is 0.229. The van der Waals surface area contributed by atoms with Crippen molar-refractivity contribution in [3.8, 4) is 0 Å². The normalized spacial score (nSPS) is 20.1. The monoisotopic (exact) mass is 240 g/mol. The number of morpholine rings is 1. The number of ether oxygens (including phenoxy) is 1. The van der Waals surface area contributed by atoms with Crippen molar-refractivity contribution in [2.24, 2.45) is 5.73 Å². The minimum absolute atomic E-state index is 0.0806. The van der Waals surface area contributed by atoms with E-state index in [0.717, 1.165) is 12.8 Å². The van der Waals surface area contributed by atoms with Gasteiger partial charge in [-0.15, -0.1) is 0 Å². The SMILES string of the molecule is N=C(N)CCN(C(=O)N1CCOCC1)C1CC1. The van der Waals surface area contributed by atoms with Crippen LogP contribution in [0.4, 0.5) is 4.79 Å². The molecule has 1 saturated carbocycles. The van der Waals surface area contributed by atoms with E-state index in [1.807, 2.05) is 9.80 Å². The molecule has 2 fully saturated rings. The van der Waals surface area contributed by atoms with Gasteiger partial charge in [0.1, 0.15) is 0 Å². The average Bonchev–Trinajstić information content (AvgIpc) is 3.14. The average molecular weight is 240 g/mol. The van der Waals surface area contributed by atoms with Crippen molar-refractivity contribution in [3.63, 3.8) is 0 Å². The lowest BCUT2D eigenvalue weighted by Crippen LogP contribution is -2.49. The number of rotatable bonds is 4. The van der Waals surface area contributed by atoms with E-state index in [4.69, 9.17) is 15.9 Å². The van der Waals surface area contributed by atoms with Gasteiger partial charge in [0.05, 0.1) is 19.0 Å². The Balaban J connectivity index is 1.89. The highest BCUT2D eigenvalue weighted by atomic mass is 16.5. The number of nitrogens with one attached hydrogen (secondary N) is 1. The molecule has 2 rings (SSSR count). The Morgan fingerprint density at radius 3 is 2.59 bits per heavy atom. The zero-order chi connectivity index (χ0) is 12.3. The minimum Gasteiger partial charge on any atom is -0.388 e. The summed E-state index contributed by atoms with van der Waals surface area (Å²) in [4.78, 5) is 16.0. The first-order valence-corrected chi connectivity index (χ1v) is 6.14. The fourth-order valence-corrected chi connectivity index (χ4v) is 2.00. The molecule has 0 bridgehead atoms. The second kappa shape index (κ2) is 5.35. The number of amidine groups is 1. The summed E-state index contributed by atoms with van der Waals surface area (Å²) in [5.74, 6) is 0.144. The minimum atomic E-state index is 0.0806. The maximum absolute atomic E-state index is 12.3. The first kappa shape index (κ1) is 12.2. The Morgan fingerprint density at radius 2 is 2.06 bits per heavy atom. The second-order valence-electron chi connectivity index (χ2n) is 4.58. The molecule has 1 saturated heterocycles. The third-order valence-electron chi connectivity index (χ3n) is 3.14. The standard InChI is InChI=1S/C11H20N4O2/c12-10(13)3-4-15(9-1-2-9)11(16)14-5-7-17-8-6-14/h9H,1-8H2,(H3,12,13). The topological polar surface area (TPSA) is 82.7 Å². The van der Waals surface area contributed by atoms with Crippen LogP contribution in [0.5, 0.6) is 0 Å². The molecule has 6 nitrogen and oxygen atoms in total. The van der Waals surface area contributed by atoms with Gasteiger partial charge < -0.3 is 20.3 Å². The number of carbonyl (C=O) groups excluding carboxylic acids is 1. The molecular weight excluding hydrogens is 220 g/mol. The Hall–Kier alpha value is -1.30. The van der Waals surface area contributed by atoms with Gasteiger partial charge in [-0.2, -0.15) is 0 Å². The summed E-state index contributed by atoms with van der Waals surface area (Å²) in [6.07, 6.45) is 2.62. The van der Waals surface area contributed by atoms with E-state index in [1.54, 1.807) is 0 Å². The zero-order valence-corrected chi connectivity index (χ0v) is 10.0. The molecule has 1 aliphatic heterocycles. The van der Waals surface area contributed by atoms with Gasteiger partial charge in [0.15, 0.2) is 0 Å². The molecule has 0 aromatic carbocycles. The molecule has 1 aliphatic carbocycles. The van der Waals surface area contributed by atoms with E-state index in [-0.39, 0.29) is 11.9 Å². The summed E-state index contributed by atoms with van der Waals surface area (Å²) in [7, 11) is 0. The van der Waals surface area contributed by atoms with Gasteiger partial charge in [-0.3, -0.25) is 5.41 Å². The summed E-state index contributed by atoms with van der Waals surface area (Å²) in [6.45, 7) is 3.15. The van der Waals surface area contributed by atoms with Crippen LogP contribution in [-0.4, -0.2) is 60.6 Å². The summed E-state index contributed by atoms with van der Waals surface area (Å²) in [5, 5.41) is 7.24. The molecule has 0 spiro atoms. The quantitative estimate of drug-likeness (QED) is 0.545. The lowest BCUT2D eigenvalue weighted by atomic mass is 10.3. The van der Waals surface area contributed by atoms with E-state index in [9.17, 15) is 4.79 Å². The van der Waals surface area contributed by atoms with Crippen LogP contribution in [-0.2, 0) is 4.74 Å². The molecule has 2 amide bonds.